The van der Waals surface area contributed by atoms with Crippen molar-refractivity contribution >= 4 is 70.9 Å². The van der Waals surface area contributed by atoms with Crippen LogP contribution >= 0.6 is 0 Å². The van der Waals surface area contributed by atoms with E-state index in [0.717, 1.165) is 26.9 Å². The number of imide groups is 1. The SMILES string of the molecule is C=C1C[C@H]2C(O)N(C(=O)OCc3ccc(O[C@@H]4O[C@H](C(=O)O)[C@@H](O)[C@H](O)[C@H]4O)c(C(=O)NCCCNC(=O)CN4C(=O)C=CC4=O)c3)c3cc(OCCCCCOc4cc5c(cc4OC)C(O)N4CC(=C)C[C@H]4C(O)N5C(=O)OCc4ccc(O[C@@H]5O[C@H](C(=O)O)[C@@H](O)[C@H](O)[C@H]5O)c(C(=O)NCCOC)c4)c(OC)cc3C(=O)N2C1. The Morgan fingerprint density at radius 3 is 1.54 bits per heavy atom. The third-order valence-electron chi connectivity index (χ3n) is 19.9. The zero-order chi connectivity index (χ0) is 83.0. The lowest BCUT2D eigenvalue weighted by Gasteiger charge is -2.38. The number of carbonyl (C=O) groups is 10. The molecule has 40 nitrogen and oxygen atoms in total. The van der Waals surface area contributed by atoms with E-state index in [0.29, 0.717) is 30.4 Å². The lowest BCUT2D eigenvalue weighted by atomic mass is 9.99. The number of rotatable bonds is 31. The fourth-order valence-corrected chi connectivity index (χ4v) is 13.9. The van der Waals surface area contributed by atoms with E-state index in [1.165, 1.54) is 86.9 Å². The first-order valence-corrected chi connectivity index (χ1v) is 36.3. The summed E-state index contributed by atoms with van der Waals surface area (Å²) < 4.78 is 62.8. The first-order valence-electron chi connectivity index (χ1n) is 36.3. The van der Waals surface area contributed by atoms with Gasteiger partial charge < -0.3 is 129 Å². The number of carboxylic acids is 2. The number of nitrogens with zero attached hydrogens (tertiary/aromatic N) is 5. The molecule has 0 aromatic heterocycles. The molecule has 8 amide bonds. The van der Waals surface area contributed by atoms with E-state index in [1.807, 2.05) is 0 Å². The van der Waals surface area contributed by atoms with Gasteiger partial charge in [0.2, 0.25) is 18.5 Å². The number of aliphatic carboxylic acids is 2. The van der Waals surface area contributed by atoms with Crippen molar-refractivity contribution < 1.29 is 156 Å². The van der Waals surface area contributed by atoms with Crippen LogP contribution in [-0.2, 0) is 60.9 Å². The Kier molecular flexibility index (Phi) is 27.3. The molecule has 4 aromatic rings. The summed E-state index contributed by atoms with van der Waals surface area (Å²) >= 11 is 0. The molecule has 0 radical (unpaired) electrons. The predicted octanol–water partition coefficient (Wildman–Crippen LogP) is -1.25. The summed E-state index contributed by atoms with van der Waals surface area (Å²) in [5.74, 6) is -8.00. The van der Waals surface area contributed by atoms with Gasteiger partial charge in [-0.1, -0.05) is 36.4 Å². The second kappa shape index (κ2) is 37.0. The third kappa shape index (κ3) is 18.7. The molecule has 15 atom stereocenters. The maximum absolute atomic E-state index is 14.7. The van der Waals surface area contributed by atoms with Crippen molar-refractivity contribution in [3.63, 3.8) is 0 Å². The van der Waals surface area contributed by atoms with Crippen molar-refractivity contribution in [2.75, 3.05) is 90.2 Å². The minimum atomic E-state index is -2.09. The summed E-state index contributed by atoms with van der Waals surface area (Å²) in [4.78, 5) is 137. The van der Waals surface area contributed by atoms with Crippen LogP contribution in [0.15, 0.2) is 97.1 Å². The van der Waals surface area contributed by atoms with Gasteiger partial charge in [-0.25, -0.2) is 29.0 Å². The highest BCUT2D eigenvalue weighted by atomic mass is 16.7. The number of hydrogen-bond acceptors (Lipinski definition) is 31. The molecule has 4 saturated heterocycles. The van der Waals surface area contributed by atoms with E-state index in [-0.39, 0.29) is 151 Å². The molecule has 7 aliphatic heterocycles. The summed E-state index contributed by atoms with van der Waals surface area (Å²) in [5, 5.41) is 127. The Balaban J connectivity index is 0.762. The van der Waals surface area contributed by atoms with Crippen molar-refractivity contribution in [3.05, 3.63) is 131 Å². The van der Waals surface area contributed by atoms with Crippen molar-refractivity contribution in [2.24, 2.45) is 0 Å². The molecule has 14 N–H and O–H groups in total. The van der Waals surface area contributed by atoms with Gasteiger partial charge in [-0.05, 0) is 86.1 Å². The largest absolute Gasteiger partial charge is 0.493 e. The van der Waals surface area contributed by atoms with Gasteiger partial charge >= 0.3 is 24.1 Å². The Morgan fingerprint density at radius 1 is 0.522 bits per heavy atom. The van der Waals surface area contributed by atoms with Gasteiger partial charge in [0.1, 0.15) is 74.1 Å². The number of amides is 8. The van der Waals surface area contributed by atoms with Crippen LogP contribution in [0, 0.1) is 0 Å². The van der Waals surface area contributed by atoms with Crippen LogP contribution < -0.4 is 54.2 Å². The Bertz CT molecular complexity index is 4410. The molecule has 0 spiro atoms. The van der Waals surface area contributed by atoms with Crippen LogP contribution in [0.25, 0.3) is 0 Å². The average molecular weight is 1610 g/mol. The smallest absolute Gasteiger partial charge is 0.416 e. The van der Waals surface area contributed by atoms with Gasteiger partial charge in [0, 0.05) is 69.7 Å². The summed E-state index contributed by atoms with van der Waals surface area (Å²) in [5.41, 5.74) is 0.724. The number of carboxylic acid groups (broad SMARTS) is 2. The van der Waals surface area contributed by atoms with E-state index in [2.05, 4.69) is 29.1 Å². The van der Waals surface area contributed by atoms with Gasteiger partial charge in [0.05, 0.1) is 74.2 Å². The van der Waals surface area contributed by atoms with E-state index in [1.54, 1.807) is 4.90 Å². The van der Waals surface area contributed by atoms with Crippen LogP contribution in [0.2, 0.25) is 0 Å². The summed E-state index contributed by atoms with van der Waals surface area (Å²) in [6.07, 6.45) is -24.0. The molecule has 7 aliphatic rings. The molecule has 11 rings (SSSR count). The van der Waals surface area contributed by atoms with Crippen LogP contribution in [0.3, 0.4) is 0 Å². The van der Waals surface area contributed by atoms with E-state index < -0.39 is 172 Å². The molecule has 7 heterocycles. The van der Waals surface area contributed by atoms with Crippen LogP contribution in [0.1, 0.15) is 92.5 Å². The molecular formula is C75H88N8O32. The van der Waals surface area contributed by atoms with Crippen LogP contribution in [-0.4, -0.2) is 297 Å². The predicted molar refractivity (Wildman–Crippen MR) is 389 cm³/mol. The lowest BCUT2D eigenvalue weighted by Crippen LogP contribution is -2.61. The van der Waals surface area contributed by atoms with E-state index >= 15 is 0 Å². The van der Waals surface area contributed by atoms with E-state index in [4.69, 9.17) is 52.1 Å². The molecule has 3 unspecified atom stereocenters. The van der Waals surface area contributed by atoms with Crippen molar-refractivity contribution in [1.29, 1.82) is 0 Å². The number of carbonyl (C=O) groups excluding carboxylic acids is 8. The highest BCUT2D eigenvalue weighted by Gasteiger charge is 2.52. The minimum Gasteiger partial charge on any atom is -0.493 e. The van der Waals surface area contributed by atoms with Gasteiger partial charge in [0.15, 0.2) is 47.7 Å². The molecular weight excluding hydrogens is 1520 g/mol. The molecule has 0 aliphatic carbocycles. The maximum Gasteiger partial charge on any atom is 0.416 e. The highest BCUT2D eigenvalue weighted by molar-refractivity contribution is 6.14. The molecule has 0 bridgehead atoms. The fraction of sp³-hybridized carbons (Fsp3) is 0.467. The maximum atomic E-state index is 14.7. The monoisotopic (exact) mass is 1610 g/mol. The number of unbranched alkanes of at least 4 members (excludes halogenated alkanes) is 2. The minimum absolute atomic E-state index is 0.000101. The number of fused-ring (bicyclic) bond motifs is 4. The van der Waals surface area contributed by atoms with Gasteiger partial charge in [0.25, 0.3) is 29.5 Å². The van der Waals surface area contributed by atoms with Crippen LogP contribution in [0.5, 0.6) is 34.5 Å². The number of aliphatic hydroxyl groups excluding tert-OH is 9. The number of methoxy groups -OCH3 is 3. The molecule has 115 heavy (non-hydrogen) atoms. The van der Waals surface area contributed by atoms with Crippen molar-refractivity contribution in [2.45, 2.75) is 144 Å². The fourth-order valence-electron chi connectivity index (χ4n) is 13.9. The first-order chi connectivity index (χ1) is 54.9. The zero-order valence-corrected chi connectivity index (χ0v) is 62.3. The lowest BCUT2D eigenvalue weighted by molar-refractivity contribution is -0.271. The summed E-state index contributed by atoms with van der Waals surface area (Å²) in [7, 11) is 4.08. The first kappa shape index (κ1) is 84.8. The quantitative estimate of drug-likeness (QED) is 0.0159. The molecule has 0 saturated carbocycles. The molecule has 4 aromatic carbocycles. The number of anilines is 2. The van der Waals surface area contributed by atoms with Crippen molar-refractivity contribution in [3.8, 4) is 34.5 Å². The zero-order valence-electron chi connectivity index (χ0n) is 62.3. The number of aliphatic hydroxyl groups is 9. The van der Waals surface area contributed by atoms with Crippen molar-refractivity contribution in [1.82, 2.24) is 30.7 Å². The van der Waals surface area contributed by atoms with Gasteiger partial charge in [-0.2, -0.15) is 0 Å². The summed E-state index contributed by atoms with van der Waals surface area (Å²) in [6.45, 7) is 6.41. The Morgan fingerprint density at radius 2 is 1.01 bits per heavy atom. The second-order valence-electron chi connectivity index (χ2n) is 27.7. The van der Waals surface area contributed by atoms with Gasteiger partial charge in [-0.15, -0.1) is 0 Å². The normalized spacial score (nSPS) is 25.7. The number of nitrogens with one attached hydrogen (secondary N) is 3. The van der Waals surface area contributed by atoms with Crippen LogP contribution in [0.4, 0.5) is 21.0 Å². The number of ether oxygens (including phenoxy) is 11. The Hall–Kier alpha value is -11.1. The Labute approximate surface area is 654 Å². The third-order valence-corrected chi connectivity index (χ3v) is 19.9. The molecule has 620 valence electrons. The average Bonchev–Trinajstić information content (AvgIpc) is 1.61. The second-order valence-corrected chi connectivity index (χ2v) is 27.7. The molecule has 4 fully saturated rings. The summed E-state index contributed by atoms with van der Waals surface area (Å²) in [6, 6.07) is 11.1. The topological polar surface area (TPSA) is 547 Å². The van der Waals surface area contributed by atoms with Gasteiger partial charge in [-0.3, -0.25) is 38.6 Å². The van der Waals surface area contributed by atoms with E-state index in [9.17, 15) is 104 Å². The standard InChI is InChI=1S/C75H88N8O32/c1-35-22-45-68(97)82(74(103)110-33-37-10-12-47(112-72-60(91)56(87)58(89)62(114-72)70(99)100)41(24-37)64(93)77-17-9-16-76-53(84)32-81-54(85)14-15-55(81)86)43-28-51(49(106-4)26-39(43)66(95)79(45)30-35)108-19-7-6-8-20-109-52-29-44-40(27-50(52)107-5)67(96)80-31-36(2)23-46(80)69(98)83(44)75(104)111-34-38-11-13-48(42(25-38)65(94)78-18-21-105-3)113-73-61(92)57(88)59(90)63(115-73)71(101)102/h10-15,24-29,45-46,56-63,67-69,72-73,87-92,96-98H,1-2,6-9,16-23,30-34H2,3-5H3,(H,76,84)(H,77,93)(H,78,94)(H,99,100)(H,101,102)/t45-,46-,56-,57-,58-,59-,60+,61+,62-,63-,67?,68?,69?,72+,73+/m0/s1. The number of benzene rings is 4. The number of hydrogen-bond donors (Lipinski definition) is 14. The molecule has 40 heteroatoms. The highest BCUT2D eigenvalue weighted by Crippen LogP contribution is 2.47.